The standard InChI is InChI=1S/C24H32N4O3/c1-31-17-16-26(18-22(25)29)19-23(30)27-12-14-28(15-13-27)24(20-8-4-2-5-9-20)21-10-6-3-7-11-21/h2-11,24H,12-19H2,1H3,(H2,25,29). The molecule has 166 valence electrons. The number of methoxy groups -OCH3 is 1. The van der Waals surface area contributed by atoms with Crippen molar-refractivity contribution in [2.75, 3.05) is 59.5 Å². The molecule has 0 spiro atoms. The molecule has 2 aromatic carbocycles. The molecule has 2 aromatic rings. The van der Waals surface area contributed by atoms with Gasteiger partial charge in [-0.2, -0.15) is 0 Å². The minimum atomic E-state index is -0.442. The zero-order valence-corrected chi connectivity index (χ0v) is 18.2. The quantitative estimate of drug-likeness (QED) is 0.623. The molecule has 0 atom stereocenters. The van der Waals surface area contributed by atoms with Crippen LogP contribution in [-0.4, -0.2) is 86.0 Å². The lowest BCUT2D eigenvalue weighted by Crippen LogP contribution is -2.52. The van der Waals surface area contributed by atoms with Crippen molar-refractivity contribution < 1.29 is 14.3 Å². The third-order valence-electron chi connectivity index (χ3n) is 5.61. The number of piperazine rings is 1. The van der Waals surface area contributed by atoms with Crippen LogP contribution in [0.5, 0.6) is 0 Å². The minimum absolute atomic E-state index is 0.0213. The van der Waals surface area contributed by atoms with Crippen molar-refractivity contribution in [3.63, 3.8) is 0 Å². The van der Waals surface area contributed by atoms with E-state index in [-0.39, 0.29) is 25.0 Å². The van der Waals surface area contributed by atoms with Crippen LogP contribution in [0, 0.1) is 0 Å². The van der Waals surface area contributed by atoms with Crippen molar-refractivity contribution in [3.8, 4) is 0 Å². The number of rotatable bonds is 10. The van der Waals surface area contributed by atoms with Gasteiger partial charge < -0.3 is 15.4 Å². The van der Waals surface area contributed by atoms with Gasteiger partial charge in [-0.25, -0.2) is 0 Å². The fraction of sp³-hybridized carbons (Fsp3) is 0.417. The number of nitrogens with zero attached hydrogens (tertiary/aromatic N) is 3. The molecule has 7 heteroatoms. The number of hydrogen-bond donors (Lipinski definition) is 1. The Hall–Kier alpha value is -2.74. The second-order valence-electron chi connectivity index (χ2n) is 7.81. The van der Waals surface area contributed by atoms with Crippen LogP contribution in [0.2, 0.25) is 0 Å². The number of benzene rings is 2. The van der Waals surface area contributed by atoms with E-state index in [1.54, 1.807) is 12.0 Å². The molecule has 3 rings (SSSR count). The Morgan fingerprint density at radius 3 is 1.97 bits per heavy atom. The Morgan fingerprint density at radius 2 is 1.48 bits per heavy atom. The summed E-state index contributed by atoms with van der Waals surface area (Å²) in [5, 5.41) is 0. The third kappa shape index (κ3) is 6.62. The van der Waals surface area contributed by atoms with Crippen molar-refractivity contribution in [3.05, 3.63) is 71.8 Å². The van der Waals surface area contributed by atoms with Crippen LogP contribution in [0.4, 0.5) is 0 Å². The normalized spacial score (nSPS) is 14.9. The van der Waals surface area contributed by atoms with Gasteiger partial charge in [-0.15, -0.1) is 0 Å². The van der Waals surface area contributed by atoms with E-state index in [1.807, 2.05) is 17.0 Å². The molecule has 7 nitrogen and oxygen atoms in total. The van der Waals surface area contributed by atoms with Crippen LogP contribution in [-0.2, 0) is 14.3 Å². The highest BCUT2D eigenvalue weighted by atomic mass is 16.5. The first-order chi connectivity index (χ1) is 15.1. The molecule has 31 heavy (non-hydrogen) atoms. The van der Waals surface area contributed by atoms with Crippen LogP contribution < -0.4 is 5.73 Å². The first kappa shape index (κ1) is 22.9. The average molecular weight is 425 g/mol. The van der Waals surface area contributed by atoms with Crippen LogP contribution in [0.3, 0.4) is 0 Å². The first-order valence-electron chi connectivity index (χ1n) is 10.7. The summed E-state index contributed by atoms with van der Waals surface area (Å²) in [7, 11) is 1.60. The molecule has 1 fully saturated rings. The predicted molar refractivity (Wildman–Crippen MR) is 120 cm³/mol. The van der Waals surface area contributed by atoms with Gasteiger partial charge in [-0.05, 0) is 11.1 Å². The zero-order chi connectivity index (χ0) is 22.1. The Morgan fingerprint density at radius 1 is 0.935 bits per heavy atom. The Labute approximate surface area is 184 Å². The third-order valence-corrected chi connectivity index (χ3v) is 5.61. The van der Waals surface area contributed by atoms with Gasteiger partial charge in [0.15, 0.2) is 0 Å². The molecule has 0 bridgehead atoms. The van der Waals surface area contributed by atoms with E-state index >= 15 is 0 Å². The second kappa shape index (κ2) is 11.6. The van der Waals surface area contributed by atoms with E-state index in [0.29, 0.717) is 26.2 Å². The second-order valence-corrected chi connectivity index (χ2v) is 7.81. The Balaban J connectivity index is 1.64. The summed E-state index contributed by atoms with van der Waals surface area (Å²) < 4.78 is 5.08. The smallest absolute Gasteiger partial charge is 0.236 e. The lowest BCUT2D eigenvalue weighted by atomic mass is 9.96. The van der Waals surface area contributed by atoms with E-state index in [9.17, 15) is 9.59 Å². The molecule has 1 aliphatic heterocycles. The first-order valence-corrected chi connectivity index (χ1v) is 10.7. The van der Waals surface area contributed by atoms with Gasteiger partial charge >= 0.3 is 0 Å². The summed E-state index contributed by atoms with van der Waals surface area (Å²) in [6, 6.07) is 21.1. The van der Waals surface area contributed by atoms with Gasteiger partial charge in [-0.3, -0.25) is 19.4 Å². The molecule has 1 aliphatic rings. The summed E-state index contributed by atoms with van der Waals surface area (Å²) in [5.74, 6) is -0.421. The molecule has 0 radical (unpaired) electrons. The molecule has 2 N–H and O–H groups in total. The molecular formula is C24H32N4O3. The van der Waals surface area contributed by atoms with Crippen LogP contribution in [0.15, 0.2) is 60.7 Å². The summed E-state index contributed by atoms with van der Waals surface area (Å²) in [5.41, 5.74) is 7.83. The summed E-state index contributed by atoms with van der Waals surface area (Å²) in [6.45, 7) is 4.06. The topological polar surface area (TPSA) is 79.1 Å². The fourth-order valence-corrected chi connectivity index (χ4v) is 4.06. The monoisotopic (exact) mass is 424 g/mol. The van der Waals surface area contributed by atoms with E-state index in [0.717, 1.165) is 13.1 Å². The van der Waals surface area contributed by atoms with E-state index in [2.05, 4.69) is 53.4 Å². The molecule has 0 saturated carbocycles. The van der Waals surface area contributed by atoms with Crippen molar-refractivity contribution in [1.29, 1.82) is 0 Å². The highest BCUT2D eigenvalue weighted by Crippen LogP contribution is 2.29. The molecule has 0 unspecified atom stereocenters. The molecule has 1 saturated heterocycles. The summed E-state index contributed by atoms with van der Waals surface area (Å²) in [6.07, 6.45) is 0. The molecule has 0 aromatic heterocycles. The Bertz CT molecular complexity index is 784. The lowest BCUT2D eigenvalue weighted by Gasteiger charge is -2.40. The Kier molecular flexibility index (Phi) is 8.58. The number of ether oxygens (including phenoxy) is 1. The lowest BCUT2D eigenvalue weighted by molar-refractivity contribution is -0.135. The van der Waals surface area contributed by atoms with Crippen molar-refractivity contribution >= 4 is 11.8 Å². The molecule has 1 heterocycles. The number of primary amides is 1. The van der Waals surface area contributed by atoms with E-state index in [4.69, 9.17) is 10.5 Å². The molecule has 2 amide bonds. The van der Waals surface area contributed by atoms with Crippen molar-refractivity contribution in [2.45, 2.75) is 6.04 Å². The van der Waals surface area contributed by atoms with Gasteiger partial charge in [-0.1, -0.05) is 60.7 Å². The van der Waals surface area contributed by atoms with Crippen LogP contribution >= 0.6 is 0 Å². The van der Waals surface area contributed by atoms with E-state index < -0.39 is 5.91 Å². The van der Waals surface area contributed by atoms with Gasteiger partial charge in [0.1, 0.15) is 0 Å². The van der Waals surface area contributed by atoms with Gasteiger partial charge in [0, 0.05) is 39.8 Å². The van der Waals surface area contributed by atoms with Crippen LogP contribution in [0.25, 0.3) is 0 Å². The molecule has 0 aliphatic carbocycles. The molecular weight excluding hydrogens is 392 g/mol. The maximum absolute atomic E-state index is 12.8. The SMILES string of the molecule is COCCN(CC(N)=O)CC(=O)N1CCN(C(c2ccccc2)c2ccccc2)CC1. The van der Waals surface area contributed by atoms with Crippen LogP contribution in [0.1, 0.15) is 17.2 Å². The summed E-state index contributed by atoms with van der Waals surface area (Å²) >= 11 is 0. The fourth-order valence-electron chi connectivity index (χ4n) is 4.06. The number of amides is 2. The zero-order valence-electron chi connectivity index (χ0n) is 18.2. The van der Waals surface area contributed by atoms with Gasteiger partial charge in [0.2, 0.25) is 11.8 Å². The number of carbonyl (C=O) groups is 2. The van der Waals surface area contributed by atoms with E-state index in [1.165, 1.54) is 11.1 Å². The maximum Gasteiger partial charge on any atom is 0.236 e. The van der Waals surface area contributed by atoms with Gasteiger partial charge in [0.05, 0.1) is 25.7 Å². The number of carbonyl (C=O) groups excluding carboxylic acids is 2. The van der Waals surface area contributed by atoms with Gasteiger partial charge in [0.25, 0.3) is 0 Å². The minimum Gasteiger partial charge on any atom is -0.383 e. The highest BCUT2D eigenvalue weighted by molar-refractivity contribution is 5.80. The maximum atomic E-state index is 12.8. The summed E-state index contributed by atoms with van der Waals surface area (Å²) in [4.78, 5) is 30.2. The highest BCUT2D eigenvalue weighted by Gasteiger charge is 2.28. The number of nitrogens with two attached hydrogens (primary N) is 1. The predicted octanol–water partition coefficient (Wildman–Crippen LogP) is 1.35. The van der Waals surface area contributed by atoms with Crippen molar-refractivity contribution in [2.24, 2.45) is 5.73 Å². The largest absolute Gasteiger partial charge is 0.383 e. The average Bonchev–Trinajstić information content (AvgIpc) is 2.79. The van der Waals surface area contributed by atoms with Crippen molar-refractivity contribution in [1.82, 2.24) is 14.7 Å². The number of hydrogen-bond acceptors (Lipinski definition) is 5.